The van der Waals surface area contributed by atoms with E-state index in [2.05, 4.69) is 16.3 Å². The van der Waals surface area contributed by atoms with Crippen LogP contribution in [0.3, 0.4) is 0 Å². The summed E-state index contributed by atoms with van der Waals surface area (Å²) < 4.78 is 5.59. The molecule has 0 spiro atoms. The molecule has 1 aliphatic heterocycles. The summed E-state index contributed by atoms with van der Waals surface area (Å²) in [6.45, 7) is 2.33. The van der Waals surface area contributed by atoms with E-state index in [9.17, 15) is 4.79 Å². The molecule has 0 saturated heterocycles. The highest BCUT2D eigenvalue weighted by atomic mass is 32.1. The number of ether oxygens (including phenoxy) is 1. The molecule has 3 nitrogen and oxygen atoms in total. The van der Waals surface area contributed by atoms with Crippen molar-refractivity contribution in [1.82, 2.24) is 4.90 Å². The molecular weight excluding hydrogens is 258 g/mol. The number of thiophene rings is 1. The van der Waals surface area contributed by atoms with E-state index in [1.165, 1.54) is 29.7 Å². The van der Waals surface area contributed by atoms with E-state index in [1.807, 2.05) is 11.3 Å². The van der Waals surface area contributed by atoms with Crippen molar-refractivity contribution in [1.29, 1.82) is 0 Å². The summed E-state index contributed by atoms with van der Waals surface area (Å²) in [5.74, 6) is -0.0365. The predicted molar refractivity (Wildman–Crippen MR) is 76.3 cm³/mol. The first-order valence-electron chi connectivity index (χ1n) is 7.28. The summed E-state index contributed by atoms with van der Waals surface area (Å²) in [4.78, 5) is 15.7. The average molecular weight is 279 g/mol. The fourth-order valence-electron chi connectivity index (χ4n) is 3.03. The molecule has 0 atom stereocenters. The molecule has 1 aromatic rings. The zero-order valence-electron chi connectivity index (χ0n) is 11.3. The molecule has 19 heavy (non-hydrogen) atoms. The summed E-state index contributed by atoms with van der Waals surface area (Å²) in [5.41, 5.74) is 1.39. The van der Waals surface area contributed by atoms with Crippen molar-refractivity contribution < 1.29 is 9.53 Å². The lowest BCUT2D eigenvalue weighted by atomic mass is 9.98. The molecule has 2 aliphatic rings. The number of rotatable bonds is 3. The van der Waals surface area contributed by atoms with Crippen molar-refractivity contribution in [3.8, 4) is 0 Å². The summed E-state index contributed by atoms with van der Waals surface area (Å²) in [5, 5.41) is 2.15. The molecule has 0 N–H and O–H groups in total. The zero-order valence-corrected chi connectivity index (χ0v) is 12.1. The number of fused-ring (bicyclic) bond motifs is 1. The third-order valence-corrected chi connectivity index (χ3v) is 5.11. The largest absolute Gasteiger partial charge is 0.461 e. The molecule has 0 unspecified atom stereocenters. The van der Waals surface area contributed by atoms with Gasteiger partial charge in [0.25, 0.3) is 0 Å². The van der Waals surface area contributed by atoms with E-state index in [0.29, 0.717) is 6.54 Å². The van der Waals surface area contributed by atoms with Gasteiger partial charge in [-0.25, -0.2) is 0 Å². The number of carbonyl (C=O) groups is 1. The second-order valence-corrected chi connectivity index (χ2v) is 6.58. The Balaban J connectivity index is 1.47. The van der Waals surface area contributed by atoms with Gasteiger partial charge in [0.2, 0.25) is 0 Å². The van der Waals surface area contributed by atoms with Gasteiger partial charge < -0.3 is 4.74 Å². The maximum atomic E-state index is 12.0. The Hall–Kier alpha value is -0.870. The summed E-state index contributed by atoms with van der Waals surface area (Å²) in [7, 11) is 0. The molecule has 3 rings (SSSR count). The Kier molecular flexibility index (Phi) is 4.18. The molecular formula is C15H21NO2S. The number of hydrogen-bond donors (Lipinski definition) is 0. The first kappa shape index (κ1) is 13.1. The van der Waals surface area contributed by atoms with Crippen molar-refractivity contribution in [2.75, 3.05) is 13.1 Å². The highest BCUT2D eigenvalue weighted by molar-refractivity contribution is 7.10. The molecule has 1 aromatic heterocycles. The lowest BCUT2D eigenvalue weighted by Gasteiger charge is -2.27. The number of carbonyl (C=O) groups excluding carboxylic acids is 1. The second-order valence-electron chi connectivity index (χ2n) is 5.58. The third kappa shape index (κ3) is 3.37. The van der Waals surface area contributed by atoms with Crippen LogP contribution in [0, 0.1) is 0 Å². The summed E-state index contributed by atoms with van der Waals surface area (Å²) in [6, 6.07) is 2.18. The minimum atomic E-state index is -0.0365. The van der Waals surface area contributed by atoms with Gasteiger partial charge in [-0.1, -0.05) is 6.42 Å². The quantitative estimate of drug-likeness (QED) is 0.797. The van der Waals surface area contributed by atoms with E-state index >= 15 is 0 Å². The topological polar surface area (TPSA) is 29.5 Å². The van der Waals surface area contributed by atoms with Gasteiger partial charge in [0, 0.05) is 18.0 Å². The van der Waals surface area contributed by atoms with Crippen LogP contribution in [0.2, 0.25) is 0 Å². The van der Waals surface area contributed by atoms with Crippen LogP contribution in [0.1, 0.15) is 42.5 Å². The third-order valence-electron chi connectivity index (χ3n) is 4.09. The van der Waals surface area contributed by atoms with Crippen molar-refractivity contribution >= 4 is 17.3 Å². The van der Waals surface area contributed by atoms with Crippen molar-refractivity contribution in [2.24, 2.45) is 0 Å². The second kappa shape index (κ2) is 6.06. The summed E-state index contributed by atoms with van der Waals surface area (Å²) >= 11 is 1.83. The first-order valence-corrected chi connectivity index (χ1v) is 8.16. The molecule has 0 radical (unpaired) electrons. The van der Waals surface area contributed by atoms with Gasteiger partial charge in [0.15, 0.2) is 0 Å². The molecule has 0 bridgehead atoms. The summed E-state index contributed by atoms with van der Waals surface area (Å²) in [6.07, 6.45) is 7.08. The Morgan fingerprint density at radius 2 is 2.21 bits per heavy atom. The van der Waals surface area contributed by atoms with Crippen LogP contribution in [-0.4, -0.2) is 30.1 Å². The van der Waals surface area contributed by atoms with E-state index in [4.69, 9.17) is 4.74 Å². The molecule has 0 aromatic carbocycles. The molecule has 2 heterocycles. The zero-order chi connectivity index (χ0) is 13.1. The van der Waals surface area contributed by atoms with Crippen molar-refractivity contribution in [3.63, 3.8) is 0 Å². The van der Waals surface area contributed by atoms with E-state index in [0.717, 1.165) is 32.4 Å². The Labute approximate surface area is 118 Å². The van der Waals surface area contributed by atoms with Gasteiger partial charge in [-0.3, -0.25) is 9.69 Å². The first-order chi connectivity index (χ1) is 9.31. The van der Waals surface area contributed by atoms with Gasteiger partial charge in [0.05, 0.1) is 6.54 Å². The number of esters is 1. The van der Waals surface area contributed by atoms with Gasteiger partial charge in [-0.05, 0) is 49.1 Å². The smallest absolute Gasteiger partial charge is 0.320 e. The average Bonchev–Trinajstić information content (AvgIpc) is 2.87. The van der Waals surface area contributed by atoms with E-state index < -0.39 is 0 Å². The SMILES string of the molecule is O=C(CN1CCc2sccc2C1)OC1CCCCC1. The maximum absolute atomic E-state index is 12.0. The van der Waals surface area contributed by atoms with Crippen LogP contribution in [0.15, 0.2) is 11.4 Å². The molecule has 4 heteroatoms. The Morgan fingerprint density at radius 3 is 3.05 bits per heavy atom. The van der Waals surface area contributed by atoms with Crippen LogP contribution in [0.4, 0.5) is 0 Å². The van der Waals surface area contributed by atoms with Crippen LogP contribution in [0.25, 0.3) is 0 Å². The van der Waals surface area contributed by atoms with Gasteiger partial charge >= 0.3 is 5.97 Å². The molecule has 0 amide bonds. The fourth-order valence-corrected chi connectivity index (χ4v) is 3.92. The predicted octanol–water partition coefficient (Wildman–Crippen LogP) is 2.98. The Morgan fingerprint density at radius 1 is 1.37 bits per heavy atom. The van der Waals surface area contributed by atoms with E-state index in [1.54, 1.807) is 0 Å². The minimum Gasteiger partial charge on any atom is -0.461 e. The highest BCUT2D eigenvalue weighted by Gasteiger charge is 2.22. The normalized spacial score (nSPS) is 21.1. The van der Waals surface area contributed by atoms with Crippen LogP contribution in [0.5, 0.6) is 0 Å². The Bertz CT molecular complexity index is 437. The maximum Gasteiger partial charge on any atom is 0.320 e. The lowest BCUT2D eigenvalue weighted by Crippen LogP contribution is -2.36. The van der Waals surface area contributed by atoms with Crippen molar-refractivity contribution in [2.45, 2.75) is 51.2 Å². The highest BCUT2D eigenvalue weighted by Crippen LogP contribution is 2.24. The number of nitrogens with zero attached hydrogens (tertiary/aromatic N) is 1. The molecule has 104 valence electrons. The molecule has 1 aliphatic carbocycles. The van der Waals surface area contributed by atoms with Gasteiger partial charge in [-0.15, -0.1) is 11.3 Å². The van der Waals surface area contributed by atoms with Crippen LogP contribution in [-0.2, 0) is 22.5 Å². The monoisotopic (exact) mass is 279 g/mol. The number of hydrogen-bond acceptors (Lipinski definition) is 4. The van der Waals surface area contributed by atoms with Gasteiger partial charge in [0.1, 0.15) is 6.10 Å². The van der Waals surface area contributed by atoms with Crippen LogP contribution >= 0.6 is 11.3 Å². The van der Waals surface area contributed by atoms with E-state index in [-0.39, 0.29) is 12.1 Å². The molecule has 1 fully saturated rings. The van der Waals surface area contributed by atoms with Gasteiger partial charge in [-0.2, -0.15) is 0 Å². The standard InChI is InChI=1S/C15H21NO2S/c17-15(18-13-4-2-1-3-5-13)11-16-8-6-14-12(10-16)7-9-19-14/h7,9,13H,1-6,8,10-11H2. The minimum absolute atomic E-state index is 0.0365. The lowest BCUT2D eigenvalue weighted by molar-refractivity contribution is -0.152. The fraction of sp³-hybridized carbons (Fsp3) is 0.667. The van der Waals surface area contributed by atoms with Crippen molar-refractivity contribution in [3.05, 3.63) is 21.9 Å². The molecule has 1 saturated carbocycles. The van der Waals surface area contributed by atoms with Crippen LogP contribution < -0.4 is 0 Å².